The third kappa shape index (κ3) is 5.95. The maximum Gasteiger partial charge on any atom is 0.269 e. The second-order valence-electron chi connectivity index (χ2n) is 12.1. The minimum absolute atomic E-state index is 0.0518. The zero-order valence-electron chi connectivity index (χ0n) is 25.6. The summed E-state index contributed by atoms with van der Waals surface area (Å²) in [5, 5.41) is 7.62. The van der Waals surface area contributed by atoms with E-state index in [4.69, 9.17) is 10.5 Å². The zero-order valence-corrected chi connectivity index (χ0v) is 27.2. The van der Waals surface area contributed by atoms with Crippen LogP contribution in [-0.2, 0) is 16.1 Å². The first-order valence-electron chi connectivity index (χ1n) is 15.5. The lowest BCUT2D eigenvalue weighted by Gasteiger charge is -2.46. The largest absolute Gasteiger partial charge is 0.497 e. The van der Waals surface area contributed by atoms with Crippen molar-refractivity contribution >= 4 is 61.6 Å². The number of primary amides is 1. The summed E-state index contributed by atoms with van der Waals surface area (Å²) in [5.41, 5.74) is 9.69. The molecule has 0 radical (unpaired) electrons. The summed E-state index contributed by atoms with van der Waals surface area (Å²) in [6, 6.07) is 18.1. The number of aromatic nitrogens is 3. The molecule has 8 rings (SSSR count). The van der Waals surface area contributed by atoms with Crippen molar-refractivity contribution in [2.24, 2.45) is 11.7 Å². The monoisotopic (exact) mass is 701 g/mol. The van der Waals surface area contributed by atoms with Crippen LogP contribution >= 0.6 is 15.9 Å². The number of benzene rings is 2. The molecule has 47 heavy (non-hydrogen) atoms. The van der Waals surface area contributed by atoms with Crippen LogP contribution in [0.25, 0.3) is 16.5 Å². The van der Waals surface area contributed by atoms with Gasteiger partial charge in [-0.25, -0.2) is 9.37 Å². The van der Waals surface area contributed by atoms with E-state index in [2.05, 4.69) is 54.4 Å². The summed E-state index contributed by atoms with van der Waals surface area (Å²) in [6.45, 7) is 0.354. The average molecular weight is 703 g/mol. The standard InChI is InChI=1S/C34H33BrFN7O4/c1-47-24-10-8-22(9-11-24)41-16-20-5-7-23(41)15-25(20)19-6-12-27-26(13-19)32(33(37)45)40-43(27)18-31(44)42-17-21(36)14-28(42)34(46)39-30-4-2-3-29(35)38-30/h2-4,6,8-13,15,20-21,23,28H,5,7,14,16-18H2,1H3,(H2,37,45)(H,38,39,46)/t20-,21+,23-,28-/m0/s1. The zero-order chi connectivity index (χ0) is 32.8. The van der Waals surface area contributed by atoms with Gasteiger partial charge in [0.1, 0.15) is 34.9 Å². The Bertz CT molecular complexity index is 1910. The van der Waals surface area contributed by atoms with Gasteiger partial charge in [-0.05, 0) is 88.4 Å². The van der Waals surface area contributed by atoms with Crippen molar-refractivity contribution in [2.45, 2.75) is 44.1 Å². The van der Waals surface area contributed by atoms with Crippen molar-refractivity contribution in [1.82, 2.24) is 19.7 Å². The topological polar surface area (TPSA) is 136 Å². The van der Waals surface area contributed by atoms with Crippen LogP contribution < -0.4 is 20.7 Å². The van der Waals surface area contributed by atoms with Crippen LogP contribution in [0, 0.1) is 5.92 Å². The fraction of sp³-hybridized carbons (Fsp3) is 0.324. The van der Waals surface area contributed by atoms with E-state index in [-0.39, 0.29) is 37.1 Å². The highest BCUT2D eigenvalue weighted by atomic mass is 79.9. The number of fused-ring (bicyclic) bond motifs is 3. The van der Waals surface area contributed by atoms with E-state index in [1.165, 1.54) is 15.2 Å². The van der Waals surface area contributed by atoms with Crippen LogP contribution in [0.4, 0.5) is 15.9 Å². The fourth-order valence-electron chi connectivity index (χ4n) is 7.04. The molecule has 2 aromatic heterocycles. The minimum Gasteiger partial charge on any atom is -0.497 e. The van der Waals surface area contributed by atoms with Crippen LogP contribution in [0.15, 0.2) is 71.3 Å². The van der Waals surface area contributed by atoms with Crippen LogP contribution in [0.2, 0.25) is 0 Å². The molecule has 0 unspecified atom stereocenters. The van der Waals surface area contributed by atoms with Gasteiger partial charge < -0.3 is 25.6 Å². The average Bonchev–Trinajstić information content (AvgIpc) is 3.65. The molecule has 5 heterocycles. The van der Waals surface area contributed by atoms with Gasteiger partial charge in [0.2, 0.25) is 11.8 Å². The predicted octanol–water partition coefficient (Wildman–Crippen LogP) is 4.56. The Morgan fingerprint density at radius 1 is 1.09 bits per heavy atom. The minimum atomic E-state index is -1.36. The Labute approximate surface area is 278 Å². The molecule has 3 aliphatic heterocycles. The number of carbonyl (C=O) groups is 3. The van der Waals surface area contributed by atoms with Crippen molar-refractivity contribution in [3.63, 3.8) is 0 Å². The highest BCUT2D eigenvalue weighted by molar-refractivity contribution is 9.10. The van der Waals surface area contributed by atoms with Gasteiger partial charge in [-0.1, -0.05) is 18.2 Å². The molecule has 4 atom stereocenters. The Morgan fingerprint density at radius 2 is 1.89 bits per heavy atom. The molecule has 2 aromatic carbocycles. The quantitative estimate of drug-likeness (QED) is 0.257. The summed E-state index contributed by atoms with van der Waals surface area (Å²) in [4.78, 5) is 47.0. The van der Waals surface area contributed by atoms with Crippen molar-refractivity contribution in [2.75, 3.05) is 30.4 Å². The van der Waals surface area contributed by atoms with Crippen LogP contribution in [0.1, 0.15) is 35.3 Å². The normalized spacial score (nSPS) is 22.0. The molecule has 3 N–H and O–H groups in total. The van der Waals surface area contributed by atoms with Crippen LogP contribution in [0.3, 0.4) is 0 Å². The number of anilines is 2. The van der Waals surface area contributed by atoms with Gasteiger partial charge in [0.05, 0.1) is 19.2 Å². The number of likely N-dealkylation sites (tertiary alicyclic amines) is 1. The highest BCUT2D eigenvalue weighted by Crippen LogP contribution is 2.42. The van der Waals surface area contributed by atoms with Crippen molar-refractivity contribution in [3.05, 3.63) is 82.6 Å². The number of hydrogen-bond donors (Lipinski definition) is 2. The smallest absolute Gasteiger partial charge is 0.269 e. The molecule has 13 heteroatoms. The first-order chi connectivity index (χ1) is 22.7. The van der Waals surface area contributed by atoms with E-state index in [9.17, 15) is 18.8 Å². The molecule has 242 valence electrons. The maximum absolute atomic E-state index is 14.6. The molecule has 2 fully saturated rings. The number of methoxy groups -OCH3 is 1. The molecular formula is C34H33BrFN7O4. The number of amides is 3. The van der Waals surface area contributed by atoms with Crippen molar-refractivity contribution < 1.29 is 23.5 Å². The summed E-state index contributed by atoms with van der Waals surface area (Å²) in [6.07, 6.45) is 2.91. The Balaban J connectivity index is 1.13. The number of nitrogens with two attached hydrogens (primary N) is 1. The van der Waals surface area contributed by atoms with Gasteiger partial charge in [-0.2, -0.15) is 5.10 Å². The number of halogens is 2. The molecule has 11 nitrogen and oxygen atoms in total. The van der Waals surface area contributed by atoms with E-state index in [0.717, 1.165) is 36.4 Å². The molecule has 0 saturated carbocycles. The molecule has 1 aliphatic carbocycles. The lowest BCUT2D eigenvalue weighted by Crippen LogP contribution is -2.46. The lowest BCUT2D eigenvalue weighted by molar-refractivity contribution is -0.137. The number of nitrogens with one attached hydrogen (secondary N) is 1. The first-order valence-corrected chi connectivity index (χ1v) is 16.3. The van der Waals surface area contributed by atoms with Gasteiger partial charge >= 0.3 is 0 Å². The van der Waals surface area contributed by atoms with Crippen LogP contribution in [0.5, 0.6) is 5.75 Å². The lowest BCUT2D eigenvalue weighted by atomic mass is 9.76. The SMILES string of the molecule is COc1ccc(N2C[C@@H]3CC[C@H]2C=C3c2ccc3c(c2)c(C(N)=O)nn3CC(=O)N2C[C@H](F)C[C@H]2C(=O)Nc2cccc(Br)n2)cc1. The van der Waals surface area contributed by atoms with Gasteiger partial charge in [-0.3, -0.25) is 19.1 Å². The second-order valence-corrected chi connectivity index (χ2v) is 13.0. The Kier molecular flexibility index (Phi) is 8.16. The summed E-state index contributed by atoms with van der Waals surface area (Å²) >= 11 is 3.26. The van der Waals surface area contributed by atoms with Gasteiger partial charge in [0, 0.05) is 36.0 Å². The maximum atomic E-state index is 14.6. The molecule has 2 saturated heterocycles. The van der Waals surface area contributed by atoms with Gasteiger partial charge in [0.25, 0.3) is 5.91 Å². The number of nitrogens with zero attached hydrogens (tertiary/aromatic N) is 5. The third-order valence-corrected chi connectivity index (χ3v) is 9.73. The number of piperidine rings is 1. The number of alkyl halides is 1. The van der Waals surface area contributed by atoms with E-state index < -0.39 is 29.9 Å². The fourth-order valence-corrected chi connectivity index (χ4v) is 7.39. The number of carbonyl (C=O) groups excluding carboxylic acids is 3. The first kappa shape index (κ1) is 30.9. The number of pyridine rings is 1. The van der Waals surface area contributed by atoms with Crippen molar-refractivity contribution in [1.29, 1.82) is 0 Å². The molecule has 2 bridgehead atoms. The summed E-state index contributed by atoms with van der Waals surface area (Å²) in [7, 11) is 1.66. The number of hydrogen-bond acceptors (Lipinski definition) is 7. The molecule has 4 aliphatic rings. The highest BCUT2D eigenvalue weighted by Gasteiger charge is 2.40. The van der Waals surface area contributed by atoms with Crippen LogP contribution in [-0.4, -0.2) is 75.8 Å². The molecule has 3 amide bonds. The van der Waals surface area contributed by atoms with E-state index in [1.807, 2.05) is 30.3 Å². The number of ether oxygens (including phenoxy) is 1. The van der Waals surface area contributed by atoms with E-state index in [0.29, 0.717) is 21.4 Å². The van der Waals surface area contributed by atoms with Gasteiger partial charge in [0.15, 0.2) is 5.69 Å². The third-order valence-electron chi connectivity index (χ3n) is 9.29. The Hall–Kier alpha value is -4.78. The second kappa shape index (κ2) is 12.4. The predicted molar refractivity (Wildman–Crippen MR) is 179 cm³/mol. The van der Waals surface area contributed by atoms with E-state index >= 15 is 0 Å². The number of rotatable bonds is 8. The summed E-state index contributed by atoms with van der Waals surface area (Å²) < 4.78 is 21.8. The molecular weight excluding hydrogens is 669 g/mol. The summed E-state index contributed by atoms with van der Waals surface area (Å²) in [5.74, 6) is -0.340. The molecule has 0 spiro atoms. The van der Waals surface area contributed by atoms with Crippen molar-refractivity contribution in [3.8, 4) is 5.75 Å². The molecule has 4 aromatic rings. The van der Waals surface area contributed by atoms with Gasteiger partial charge in [-0.15, -0.1) is 0 Å². The van der Waals surface area contributed by atoms with E-state index in [1.54, 1.807) is 25.3 Å². The Morgan fingerprint density at radius 3 is 2.60 bits per heavy atom.